The first-order valence-corrected chi connectivity index (χ1v) is 17.7. The summed E-state index contributed by atoms with van der Waals surface area (Å²) in [5.41, 5.74) is 5.41. The third-order valence-electron chi connectivity index (χ3n) is 7.00. The Bertz CT molecular complexity index is 1690. The number of hydrogen-bond acceptors (Lipinski definition) is 10. The van der Waals surface area contributed by atoms with Crippen molar-refractivity contribution in [1.29, 1.82) is 0 Å². The van der Waals surface area contributed by atoms with Crippen LogP contribution in [0, 0.1) is 0 Å². The van der Waals surface area contributed by atoms with Crippen LogP contribution in [0.5, 0.6) is 17.2 Å². The minimum absolute atomic E-state index is 0. The van der Waals surface area contributed by atoms with Gasteiger partial charge in [-0.15, -0.1) is 10.2 Å². The highest BCUT2D eigenvalue weighted by atomic mass is 79.9. The lowest BCUT2D eigenvalue weighted by Gasteiger charge is -2.08. The normalized spacial score (nSPS) is 15.2. The monoisotopic (exact) mass is 865 g/mol. The minimum atomic E-state index is 0. The van der Waals surface area contributed by atoms with E-state index in [1.165, 1.54) is 12.8 Å². The average Bonchev–Trinajstić information content (AvgIpc) is 3.71. The van der Waals surface area contributed by atoms with Crippen molar-refractivity contribution in [3.8, 4) is 28.6 Å². The molecule has 4 aromatic rings. The Morgan fingerprint density at radius 3 is 2.00 bits per heavy atom. The number of ether oxygens (including phenoxy) is 4. The molecule has 1 fully saturated rings. The number of hydrazine groups is 1. The summed E-state index contributed by atoms with van der Waals surface area (Å²) in [6, 6.07) is 17.5. The Kier molecular flexibility index (Phi) is 15.1. The number of hydrogen-bond donors (Lipinski definition) is 3. The molecule has 48 heavy (non-hydrogen) atoms. The van der Waals surface area contributed by atoms with Crippen molar-refractivity contribution in [3.05, 3.63) is 85.5 Å². The first kappa shape index (κ1) is 37.7. The zero-order valence-electron chi connectivity index (χ0n) is 25.4. The third kappa shape index (κ3) is 10.5. The number of aromatic nitrogens is 3. The van der Waals surface area contributed by atoms with Gasteiger partial charge in [-0.2, -0.15) is 0 Å². The molecule has 0 aliphatic carbocycles. The molecule has 1 aromatic heterocycles. The van der Waals surface area contributed by atoms with Gasteiger partial charge in [0.25, 0.3) is 0 Å². The first-order chi connectivity index (χ1) is 22.9. The molecule has 0 saturated carbocycles. The van der Waals surface area contributed by atoms with E-state index in [1.54, 1.807) is 6.33 Å². The van der Waals surface area contributed by atoms with Crippen LogP contribution in [0.3, 0.4) is 0 Å². The summed E-state index contributed by atoms with van der Waals surface area (Å²) in [5.74, 6) is 9.45. The quantitative estimate of drug-likeness (QED) is 0.1000. The second kappa shape index (κ2) is 19.2. The van der Waals surface area contributed by atoms with Gasteiger partial charge in [0.2, 0.25) is 0 Å². The predicted octanol–water partition coefficient (Wildman–Crippen LogP) is 6.69. The Labute approximate surface area is 311 Å². The fourth-order valence-corrected chi connectivity index (χ4v) is 6.10. The van der Waals surface area contributed by atoms with Gasteiger partial charge in [-0.05, 0) is 67.4 Å². The molecule has 256 valence electrons. The largest absolute Gasteiger partial charge is 0.491 e. The Morgan fingerprint density at radius 1 is 0.771 bits per heavy atom. The van der Waals surface area contributed by atoms with Crippen LogP contribution in [0.2, 0.25) is 0 Å². The summed E-state index contributed by atoms with van der Waals surface area (Å²) in [7, 11) is 0. The molecule has 0 bridgehead atoms. The SMILES string of the molecule is Brc1ccc2c(c1)-c1nncn1CCO2.C.C1CCOC1.NNC1=NCCOc2ccc(Br)cc21.S=C1NCCOc2ccc(Br)cc21. The average molecular weight is 868 g/mol. The van der Waals surface area contributed by atoms with Gasteiger partial charge in [0.1, 0.15) is 54.2 Å². The van der Waals surface area contributed by atoms with E-state index in [-0.39, 0.29) is 7.43 Å². The summed E-state index contributed by atoms with van der Waals surface area (Å²) in [6.45, 7) is 6.07. The molecule has 4 N–H and O–H groups in total. The molecule has 1 saturated heterocycles. The number of nitrogens with zero attached hydrogens (tertiary/aromatic N) is 4. The summed E-state index contributed by atoms with van der Waals surface area (Å²) in [5, 5.41) is 11.1. The summed E-state index contributed by atoms with van der Waals surface area (Å²) in [4.78, 5) is 5.02. The van der Waals surface area contributed by atoms with Crippen LogP contribution in [0.15, 0.2) is 79.3 Å². The second-order valence-electron chi connectivity index (χ2n) is 10.3. The number of nitrogens with two attached hydrogens (primary N) is 1. The molecular weight excluding hydrogens is 830 g/mol. The molecule has 0 atom stereocenters. The van der Waals surface area contributed by atoms with E-state index in [0.29, 0.717) is 32.2 Å². The molecule has 0 amide bonds. The smallest absolute Gasteiger partial charge is 0.167 e. The first-order valence-electron chi connectivity index (χ1n) is 15.0. The molecule has 5 heterocycles. The van der Waals surface area contributed by atoms with E-state index in [0.717, 1.165) is 84.5 Å². The molecule has 0 radical (unpaired) electrons. The number of nitrogens with one attached hydrogen (secondary N) is 2. The molecule has 0 unspecified atom stereocenters. The van der Waals surface area contributed by atoms with Gasteiger partial charge >= 0.3 is 0 Å². The van der Waals surface area contributed by atoms with Gasteiger partial charge in [0, 0.05) is 33.2 Å². The Morgan fingerprint density at radius 2 is 1.35 bits per heavy atom. The standard InChI is InChI=1S/C10H8BrN3O.C9H10BrN3O.C9H8BrNOS.C4H8O.CH4/c11-7-1-2-9-8(5-7)10-13-12-6-14(10)3-4-15-9;10-6-1-2-8-7(5-6)9(13-11)12-3-4-14-8;10-6-1-2-8-7(5-6)9(13)11-3-4-12-8;1-2-4-5-3-1;/h1-2,5-6H,3-4H2;1-2,5H,3-4,11H2,(H,12,13);1-2,5H,3-4H2,(H,11,13);1-4H2;1H4. The van der Waals surface area contributed by atoms with Gasteiger partial charge in [0.15, 0.2) is 5.82 Å². The highest BCUT2D eigenvalue weighted by Crippen LogP contribution is 2.33. The van der Waals surface area contributed by atoms with Crippen molar-refractivity contribution in [2.75, 3.05) is 46.1 Å². The van der Waals surface area contributed by atoms with Crippen molar-refractivity contribution in [1.82, 2.24) is 25.5 Å². The summed E-state index contributed by atoms with van der Waals surface area (Å²) < 4.78 is 26.6. The van der Waals surface area contributed by atoms with Crippen LogP contribution >= 0.6 is 60.0 Å². The maximum atomic E-state index is 5.63. The second-order valence-corrected chi connectivity index (χ2v) is 13.4. The zero-order chi connectivity index (χ0) is 33.0. The van der Waals surface area contributed by atoms with Gasteiger partial charge in [-0.1, -0.05) is 67.4 Å². The maximum Gasteiger partial charge on any atom is 0.167 e. The number of halogens is 3. The minimum Gasteiger partial charge on any atom is -0.491 e. The number of aliphatic imine (C=N–C) groups is 1. The van der Waals surface area contributed by atoms with Crippen LogP contribution in [0.1, 0.15) is 31.4 Å². The molecule has 3 aromatic carbocycles. The Balaban J connectivity index is 0.000000150. The molecule has 0 spiro atoms. The van der Waals surface area contributed by atoms with Crippen LogP contribution in [-0.4, -0.2) is 71.7 Å². The van der Waals surface area contributed by atoms with Crippen molar-refractivity contribution in [2.45, 2.75) is 26.8 Å². The molecule has 15 heteroatoms. The summed E-state index contributed by atoms with van der Waals surface area (Å²) >= 11 is 15.4. The lowest BCUT2D eigenvalue weighted by molar-refractivity contribution is 0.198. The van der Waals surface area contributed by atoms with Crippen LogP contribution < -0.4 is 30.8 Å². The molecule has 4 aliphatic rings. The van der Waals surface area contributed by atoms with E-state index < -0.39 is 0 Å². The van der Waals surface area contributed by atoms with Gasteiger partial charge < -0.3 is 34.3 Å². The lowest BCUT2D eigenvalue weighted by atomic mass is 10.2. The van der Waals surface area contributed by atoms with Crippen molar-refractivity contribution in [2.24, 2.45) is 10.8 Å². The van der Waals surface area contributed by atoms with E-state index in [1.807, 2.05) is 59.2 Å². The number of benzene rings is 3. The number of amidine groups is 1. The topological polar surface area (TPSA) is 130 Å². The lowest BCUT2D eigenvalue weighted by Crippen LogP contribution is -2.31. The van der Waals surface area contributed by atoms with Crippen LogP contribution in [0.4, 0.5) is 0 Å². The van der Waals surface area contributed by atoms with Crippen LogP contribution in [-0.2, 0) is 11.3 Å². The fraction of sp³-hybridized carbons (Fsp3) is 0.333. The van der Waals surface area contributed by atoms with Gasteiger partial charge in [-0.25, -0.2) is 5.84 Å². The zero-order valence-corrected chi connectivity index (χ0v) is 31.0. The maximum absolute atomic E-state index is 5.63. The van der Waals surface area contributed by atoms with Gasteiger partial charge in [-0.3, -0.25) is 4.99 Å². The highest BCUT2D eigenvalue weighted by Gasteiger charge is 2.17. The molecule has 8 rings (SSSR count). The molecular formula is C33H38Br3N7O4S. The van der Waals surface area contributed by atoms with Crippen molar-refractivity contribution >= 4 is 70.8 Å². The number of rotatable bonds is 0. The third-order valence-corrected chi connectivity index (χ3v) is 8.84. The highest BCUT2D eigenvalue weighted by molar-refractivity contribution is 9.11. The van der Waals surface area contributed by atoms with Crippen molar-refractivity contribution in [3.63, 3.8) is 0 Å². The van der Waals surface area contributed by atoms with Crippen LogP contribution in [0.25, 0.3) is 11.4 Å². The molecule has 11 nitrogen and oxygen atoms in total. The van der Waals surface area contributed by atoms with Gasteiger partial charge in [0.05, 0.1) is 29.8 Å². The van der Waals surface area contributed by atoms with E-state index in [2.05, 4.69) is 73.7 Å². The van der Waals surface area contributed by atoms with Crippen molar-refractivity contribution < 1.29 is 18.9 Å². The fourth-order valence-electron chi connectivity index (χ4n) is 4.76. The predicted molar refractivity (Wildman–Crippen MR) is 203 cm³/mol. The number of thiocarbonyl (C=S) groups is 1. The summed E-state index contributed by atoms with van der Waals surface area (Å²) in [6.07, 6.45) is 4.29. The molecule has 4 aliphatic heterocycles. The Hall–Kier alpha value is -3.08. The van der Waals surface area contributed by atoms with E-state index in [9.17, 15) is 0 Å². The van der Waals surface area contributed by atoms with E-state index in [4.69, 9.17) is 37.0 Å². The van der Waals surface area contributed by atoms with E-state index >= 15 is 0 Å². The number of fused-ring (bicyclic) bond motifs is 5.